The van der Waals surface area contributed by atoms with E-state index in [1.54, 1.807) is 0 Å². The summed E-state index contributed by atoms with van der Waals surface area (Å²) in [5.41, 5.74) is 7.59. The summed E-state index contributed by atoms with van der Waals surface area (Å²) in [4.78, 5) is 4.53. The van der Waals surface area contributed by atoms with Crippen molar-refractivity contribution in [3.8, 4) is 0 Å². The Balaban J connectivity index is 0. The van der Waals surface area contributed by atoms with Crippen LogP contribution in [0.5, 0.6) is 0 Å². The molecule has 0 aliphatic heterocycles. The van der Waals surface area contributed by atoms with Gasteiger partial charge in [-0.2, -0.15) is 0 Å². The summed E-state index contributed by atoms with van der Waals surface area (Å²) in [5.74, 6) is 0.549. The number of hydrogen-bond donors (Lipinski definition) is 0. The van der Waals surface area contributed by atoms with Gasteiger partial charge in [-0.1, -0.05) is 51.2 Å². The molecule has 1 aromatic heterocycles. The predicted molar refractivity (Wildman–Crippen MR) is 108 cm³/mol. The molecule has 0 spiro atoms. The van der Waals surface area contributed by atoms with Gasteiger partial charge in [0.2, 0.25) is 0 Å². The fourth-order valence-corrected chi connectivity index (χ4v) is 2.09. The van der Waals surface area contributed by atoms with Crippen LogP contribution >= 0.6 is 0 Å². The van der Waals surface area contributed by atoms with Crippen molar-refractivity contribution in [1.82, 2.24) is 4.98 Å². The quantitative estimate of drug-likeness (QED) is 0.492. The minimum absolute atomic E-state index is 0. The van der Waals surface area contributed by atoms with Crippen LogP contribution in [0.25, 0.3) is 5.57 Å². The third-order valence-corrected chi connectivity index (χ3v) is 2.91. The van der Waals surface area contributed by atoms with E-state index < -0.39 is 0 Å². The van der Waals surface area contributed by atoms with Crippen LogP contribution in [-0.4, -0.2) is 10.5 Å². The van der Waals surface area contributed by atoms with E-state index in [-0.39, 0.29) is 5.48 Å². The molecular weight excluding hydrogens is 294 g/mol. The van der Waals surface area contributed by atoms with Crippen LogP contribution in [0.3, 0.4) is 0 Å². The van der Waals surface area contributed by atoms with E-state index in [0.29, 0.717) is 5.92 Å². The van der Waals surface area contributed by atoms with Crippen molar-refractivity contribution >= 4 is 5.57 Å². The second-order valence-corrected chi connectivity index (χ2v) is 4.90. The molecular formula is C22H31NO. The fraction of sp³-hybridized carbons (Fsp3) is 0.273. The monoisotopic (exact) mass is 325 g/mol. The molecule has 0 aromatic carbocycles. The maximum absolute atomic E-state index is 4.53. The van der Waals surface area contributed by atoms with Crippen molar-refractivity contribution in [2.45, 2.75) is 34.6 Å². The highest BCUT2D eigenvalue weighted by atomic mass is 16.0. The first kappa shape index (κ1) is 23.9. The van der Waals surface area contributed by atoms with E-state index in [9.17, 15) is 0 Å². The Kier molecular flexibility index (Phi) is 14.1. The number of hydrogen-bond acceptors (Lipinski definition) is 1. The third-order valence-electron chi connectivity index (χ3n) is 2.91. The molecule has 2 N–H and O–H groups in total. The molecule has 0 fully saturated rings. The smallest absolute Gasteiger partial charge is 0.0704 e. The van der Waals surface area contributed by atoms with Gasteiger partial charge in [-0.05, 0) is 55.2 Å². The molecule has 1 heterocycles. The van der Waals surface area contributed by atoms with Gasteiger partial charge < -0.3 is 5.48 Å². The van der Waals surface area contributed by atoms with Crippen molar-refractivity contribution < 1.29 is 5.48 Å². The van der Waals surface area contributed by atoms with Gasteiger partial charge in [0.1, 0.15) is 0 Å². The maximum atomic E-state index is 4.53. The number of pyridine rings is 1. The topological polar surface area (TPSA) is 44.4 Å². The maximum Gasteiger partial charge on any atom is 0.0704 e. The first-order valence-corrected chi connectivity index (χ1v) is 8.08. The molecule has 24 heavy (non-hydrogen) atoms. The van der Waals surface area contributed by atoms with Gasteiger partial charge in [-0.15, -0.1) is 18.9 Å². The first-order valence-electron chi connectivity index (χ1n) is 8.08. The Bertz CT molecular complexity index is 599. The summed E-state index contributed by atoms with van der Waals surface area (Å²) in [5, 5.41) is 0. The van der Waals surface area contributed by atoms with E-state index in [2.05, 4.69) is 68.1 Å². The minimum Gasteiger partial charge on any atom is -0.412 e. The van der Waals surface area contributed by atoms with Gasteiger partial charge >= 0.3 is 0 Å². The van der Waals surface area contributed by atoms with Gasteiger partial charge in [0.05, 0.1) is 5.69 Å². The van der Waals surface area contributed by atoms with E-state index >= 15 is 0 Å². The Morgan fingerprint density at radius 1 is 1.04 bits per heavy atom. The molecule has 3 rings (SSSR count). The van der Waals surface area contributed by atoms with Crippen LogP contribution in [-0.2, 0) is 0 Å². The minimum atomic E-state index is 0. The van der Waals surface area contributed by atoms with Gasteiger partial charge in [-0.3, -0.25) is 4.98 Å². The van der Waals surface area contributed by atoms with Crippen LogP contribution in [0.1, 0.15) is 37.7 Å². The van der Waals surface area contributed by atoms with Crippen molar-refractivity contribution in [2.75, 3.05) is 0 Å². The molecule has 130 valence electrons. The number of allylic oxidation sites excluding steroid dienone is 7. The predicted octanol–water partition coefficient (Wildman–Crippen LogP) is 5.56. The highest BCUT2D eigenvalue weighted by molar-refractivity contribution is 5.74. The summed E-state index contributed by atoms with van der Waals surface area (Å²) in [7, 11) is 0. The summed E-state index contributed by atoms with van der Waals surface area (Å²) in [6.45, 7) is 16.3. The zero-order valence-corrected chi connectivity index (χ0v) is 15.6. The van der Waals surface area contributed by atoms with Crippen LogP contribution in [0, 0.1) is 19.8 Å². The van der Waals surface area contributed by atoms with Crippen molar-refractivity contribution in [3.63, 3.8) is 0 Å². The number of aromatic nitrogens is 1. The highest BCUT2D eigenvalue weighted by Crippen LogP contribution is 2.24. The Morgan fingerprint density at radius 3 is 2.00 bits per heavy atom. The Hall–Kier alpha value is -2.41. The number of aryl methyl sites for hydroxylation is 2. The summed E-state index contributed by atoms with van der Waals surface area (Å²) in [6.07, 6.45) is 14.3. The normalized spacial score (nSPS) is 15.0. The molecule has 2 heteroatoms. The SMILES string of the molecule is C1=CC=CC=1.C=C.CC.Cc1cc(C)nc(C2=CC(C)C=C2)c1.O. The van der Waals surface area contributed by atoms with Crippen LogP contribution < -0.4 is 0 Å². The van der Waals surface area contributed by atoms with E-state index in [4.69, 9.17) is 0 Å². The number of rotatable bonds is 1. The molecule has 2 aliphatic rings. The highest BCUT2D eigenvalue weighted by Gasteiger charge is 2.08. The van der Waals surface area contributed by atoms with E-state index in [1.165, 1.54) is 11.1 Å². The molecule has 1 unspecified atom stereocenters. The lowest BCUT2D eigenvalue weighted by Gasteiger charge is -2.03. The zero-order chi connectivity index (χ0) is 17.7. The van der Waals surface area contributed by atoms with Crippen molar-refractivity contribution in [2.24, 2.45) is 5.92 Å². The summed E-state index contributed by atoms with van der Waals surface area (Å²) in [6, 6.07) is 4.24. The van der Waals surface area contributed by atoms with Crippen LogP contribution in [0.15, 0.2) is 73.6 Å². The zero-order valence-electron chi connectivity index (χ0n) is 15.6. The molecule has 2 nitrogen and oxygen atoms in total. The van der Waals surface area contributed by atoms with Crippen molar-refractivity contribution in [1.29, 1.82) is 0 Å². The Labute approximate surface area is 147 Å². The summed E-state index contributed by atoms with van der Waals surface area (Å²) < 4.78 is 0. The lowest BCUT2D eigenvalue weighted by Crippen LogP contribution is -1.91. The molecule has 2 aliphatic carbocycles. The lowest BCUT2D eigenvalue weighted by atomic mass is 10.1. The Morgan fingerprint density at radius 2 is 1.62 bits per heavy atom. The average molecular weight is 325 g/mol. The largest absolute Gasteiger partial charge is 0.412 e. The summed E-state index contributed by atoms with van der Waals surface area (Å²) >= 11 is 0. The average Bonchev–Trinajstić information content (AvgIpc) is 3.25. The third kappa shape index (κ3) is 8.89. The van der Waals surface area contributed by atoms with Gasteiger partial charge in [0.15, 0.2) is 0 Å². The second kappa shape index (κ2) is 14.2. The number of nitrogens with zero attached hydrogens (tertiary/aromatic N) is 1. The van der Waals surface area contributed by atoms with Crippen LogP contribution in [0.4, 0.5) is 0 Å². The molecule has 0 amide bonds. The standard InChI is InChI=1S/C13H15N.C5H4.C2H6.C2H4.H2O/c1-9-4-5-12(7-9)13-8-10(2)6-11(3)14-13;1-2-4-5-3-1;2*1-2;/h4-9H,1-3H3;1-4H;1-2H3;1-2H2;1H2. The van der Waals surface area contributed by atoms with E-state index in [1.807, 2.05) is 45.1 Å². The van der Waals surface area contributed by atoms with Gasteiger partial charge in [0, 0.05) is 5.69 Å². The fourth-order valence-electron chi connectivity index (χ4n) is 2.09. The lowest BCUT2D eigenvalue weighted by molar-refractivity contribution is 0.824. The van der Waals surface area contributed by atoms with E-state index in [0.717, 1.165) is 11.4 Å². The first-order chi connectivity index (χ1) is 11.1. The van der Waals surface area contributed by atoms with Crippen molar-refractivity contribution in [3.05, 3.63) is 90.5 Å². The molecule has 0 bridgehead atoms. The second-order valence-electron chi connectivity index (χ2n) is 4.90. The molecule has 1 atom stereocenters. The van der Waals surface area contributed by atoms with Gasteiger partial charge in [-0.25, -0.2) is 0 Å². The van der Waals surface area contributed by atoms with Crippen LogP contribution in [0.2, 0.25) is 0 Å². The molecule has 0 saturated heterocycles. The molecule has 1 aromatic rings. The molecule has 0 saturated carbocycles. The molecule has 0 radical (unpaired) electrons. The van der Waals surface area contributed by atoms with Gasteiger partial charge in [0.25, 0.3) is 0 Å².